The normalized spacial score (nSPS) is 15.0. The van der Waals surface area contributed by atoms with E-state index in [1.807, 2.05) is 50.9 Å². The Bertz CT molecular complexity index is 1240. The van der Waals surface area contributed by atoms with Crippen molar-refractivity contribution in [3.05, 3.63) is 77.9 Å². The van der Waals surface area contributed by atoms with Gasteiger partial charge in [-0.1, -0.05) is 30.3 Å². The Hall–Kier alpha value is -3.65. The van der Waals surface area contributed by atoms with Crippen LogP contribution in [0.25, 0.3) is 0 Å². The van der Waals surface area contributed by atoms with Crippen LogP contribution in [0.15, 0.2) is 61.2 Å². The molecule has 2 heterocycles. The lowest BCUT2D eigenvalue weighted by Gasteiger charge is -2.30. The minimum atomic E-state index is 0.0641. The lowest BCUT2D eigenvalue weighted by Crippen LogP contribution is -2.41. The van der Waals surface area contributed by atoms with Gasteiger partial charge in [-0.3, -0.25) is 14.5 Å². The molecule has 0 atom stereocenters. The van der Waals surface area contributed by atoms with E-state index in [0.29, 0.717) is 38.5 Å². The number of para-hydroxylation sites is 1. The second-order valence-corrected chi connectivity index (χ2v) is 10.9. The number of carbonyl (C=O) groups is 2. The molecule has 4 rings (SSSR count). The molecular weight excluding hydrogens is 502 g/mol. The van der Waals surface area contributed by atoms with E-state index in [1.54, 1.807) is 19.6 Å². The SMILES string of the molecule is COc1ccc(CC(=O)N2CCCN(C(C)C)CCN(C(=O)CCCn3ccnc3)Cc3cccc(C)c32)cc1. The molecule has 1 aliphatic rings. The van der Waals surface area contributed by atoms with Crippen molar-refractivity contribution in [1.82, 2.24) is 19.4 Å². The van der Waals surface area contributed by atoms with Crippen molar-refractivity contribution in [3.8, 4) is 5.75 Å². The fourth-order valence-corrected chi connectivity index (χ4v) is 5.40. The van der Waals surface area contributed by atoms with Crippen LogP contribution in [-0.4, -0.2) is 70.5 Å². The van der Waals surface area contributed by atoms with Gasteiger partial charge >= 0.3 is 0 Å². The fraction of sp³-hybridized carbons (Fsp3) is 0.469. The average Bonchev–Trinajstić information content (AvgIpc) is 3.45. The third kappa shape index (κ3) is 7.72. The molecule has 8 heteroatoms. The number of carbonyl (C=O) groups excluding carboxylic acids is 2. The Kier molecular flexibility index (Phi) is 10.4. The maximum atomic E-state index is 13.9. The van der Waals surface area contributed by atoms with E-state index in [-0.39, 0.29) is 11.8 Å². The largest absolute Gasteiger partial charge is 0.497 e. The maximum Gasteiger partial charge on any atom is 0.231 e. The van der Waals surface area contributed by atoms with E-state index in [1.165, 1.54) is 0 Å². The van der Waals surface area contributed by atoms with E-state index in [0.717, 1.165) is 60.6 Å². The van der Waals surface area contributed by atoms with Crippen LogP contribution in [-0.2, 0) is 29.1 Å². The van der Waals surface area contributed by atoms with E-state index in [9.17, 15) is 9.59 Å². The fourth-order valence-electron chi connectivity index (χ4n) is 5.40. The summed E-state index contributed by atoms with van der Waals surface area (Å²) in [5.74, 6) is 0.983. The summed E-state index contributed by atoms with van der Waals surface area (Å²) in [6, 6.07) is 14.2. The smallest absolute Gasteiger partial charge is 0.231 e. The zero-order valence-corrected chi connectivity index (χ0v) is 24.4. The summed E-state index contributed by atoms with van der Waals surface area (Å²) < 4.78 is 7.29. The number of anilines is 1. The van der Waals surface area contributed by atoms with Crippen LogP contribution in [0, 0.1) is 6.92 Å². The van der Waals surface area contributed by atoms with Gasteiger partial charge in [0.05, 0.1) is 25.5 Å². The summed E-state index contributed by atoms with van der Waals surface area (Å²) in [6.07, 6.45) is 7.87. The van der Waals surface area contributed by atoms with Crippen molar-refractivity contribution in [1.29, 1.82) is 0 Å². The van der Waals surface area contributed by atoms with Crippen LogP contribution < -0.4 is 9.64 Å². The molecule has 8 nitrogen and oxygen atoms in total. The number of aromatic nitrogens is 2. The number of hydrogen-bond acceptors (Lipinski definition) is 5. The first-order valence-corrected chi connectivity index (χ1v) is 14.3. The molecule has 214 valence electrons. The Morgan fingerprint density at radius 3 is 2.50 bits per heavy atom. The minimum Gasteiger partial charge on any atom is -0.497 e. The Morgan fingerprint density at radius 2 is 1.80 bits per heavy atom. The predicted molar refractivity (Wildman–Crippen MR) is 158 cm³/mol. The van der Waals surface area contributed by atoms with Gasteiger partial charge in [-0.25, -0.2) is 4.98 Å². The summed E-state index contributed by atoms with van der Waals surface area (Å²) in [7, 11) is 1.64. The predicted octanol–water partition coefficient (Wildman–Crippen LogP) is 4.70. The van der Waals surface area contributed by atoms with E-state index >= 15 is 0 Å². The quantitative estimate of drug-likeness (QED) is 0.411. The number of nitrogens with zero attached hydrogens (tertiary/aromatic N) is 5. The Balaban J connectivity index is 1.60. The molecule has 0 aliphatic carbocycles. The second-order valence-electron chi connectivity index (χ2n) is 10.9. The van der Waals surface area contributed by atoms with Crippen LogP contribution in [0.2, 0.25) is 0 Å². The topological polar surface area (TPSA) is 70.9 Å². The van der Waals surface area contributed by atoms with Gasteiger partial charge < -0.3 is 19.1 Å². The van der Waals surface area contributed by atoms with Crippen molar-refractivity contribution < 1.29 is 14.3 Å². The van der Waals surface area contributed by atoms with Gasteiger partial charge in [-0.2, -0.15) is 0 Å². The molecule has 0 radical (unpaired) electrons. The molecule has 0 unspecified atom stereocenters. The van der Waals surface area contributed by atoms with Crippen molar-refractivity contribution in [2.45, 2.75) is 65.6 Å². The van der Waals surface area contributed by atoms with Crippen LogP contribution in [0.5, 0.6) is 5.75 Å². The number of aryl methyl sites for hydroxylation is 2. The molecule has 0 fully saturated rings. The molecular formula is C32H43N5O3. The standard InChI is InChI=1S/C32H43N5O3/c1-25(2)35-17-7-18-37(31(39)22-27-11-13-29(40-4)14-12-27)32-26(3)8-5-9-28(32)23-36(21-20-35)30(38)10-6-16-34-19-15-33-24-34/h5,8-9,11-15,19,24-25H,6-7,10,16-18,20-23H2,1-4H3. The first-order chi connectivity index (χ1) is 19.4. The molecule has 2 amide bonds. The van der Waals surface area contributed by atoms with Crippen LogP contribution >= 0.6 is 0 Å². The number of imidazole rings is 1. The summed E-state index contributed by atoms with van der Waals surface area (Å²) in [6.45, 7) is 10.7. The minimum absolute atomic E-state index is 0.0641. The van der Waals surface area contributed by atoms with Crippen molar-refractivity contribution in [2.75, 3.05) is 38.2 Å². The summed E-state index contributed by atoms with van der Waals surface area (Å²) >= 11 is 0. The first kappa shape index (κ1) is 29.3. The maximum absolute atomic E-state index is 13.9. The number of methoxy groups -OCH3 is 1. The van der Waals surface area contributed by atoms with Gasteiger partial charge in [0.2, 0.25) is 11.8 Å². The molecule has 40 heavy (non-hydrogen) atoms. The molecule has 1 aliphatic heterocycles. The van der Waals surface area contributed by atoms with Crippen molar-refractivity contribution in [2.24, 2.45) is 0 Å². The monoisotopic (exact) mass is 545 g/mol. The number of fused-ring (bicyclic) bond motifs is 1. The Labute approximate surface area is 238 Å². The van der Waals surface area contributed by atoms with Gasteiger partial charge in [0.1, 0.15) is 5.75 Å². The van der Waals surface area contributed by atoms with Gasteiger partial charge in [0.25, 0.3) is 0 Å². The van der Waals surface area contributed by atoms with Crippen molar-refractivity contribution in [3.63, 3.8) is 0 Å². The number of benzene rings is 2. The third-order valence-electron chi connectivity index (χ3n) is 7.70. The first-order valence-electron chi connectivity index (χ1n) is 14.3. The highest BCUT2D eigenvalue weighted by Gasteiger charge is 2.25. The highest BCUT2D eigenvalue weighted by atomic mass is 16.5. The molecule has 0 bridgehead atoms. The van der Waals surface area contributed by atoms with Gasteiger partial charge in [0.15, 0.2) is 0 Å². The van der Waals surface area contributed by atoms with E-state index < -0.39 is 0 Å². The Morgan fingerprint density at radius 1 is 1.00 bits per heavy atom. The third-order valence-corrected chi connectivity index (χ3v) is 7.70. The molecule has 2 aromatic carbocycles. The van der Waals surface area contributed by atoms with Crippen LogP contribution in [0.1, 0.15) is 49.8 Å². The van der Waals surface area contributed by atoms with Gasteiger partial charge in [-0.05, 0) is 62.4 Å². The lowest BCUT2D eigenvalue weighted by atomic mass is 10.0. The molecule has 0 spiro atoms. The van der Waals surface area contributed by atoms with E-state index in [2.05, 4.69) is 42.8 Å². The van der Waals surface area contributed by atoms with Gasteiger partial charge in [-0.15, -0.1) is 0 Å². The zero-order chi connectivity index (χ0) is 28.5. The molecule has 0 saturated carbocycles. The second kappa shape index (κ2) is 14.1. The summed E-state index contributed by atoms with van der Waals surface area (Å²) in [4.78, 5) is 37.9. The number of hydrogen-bond donors (Lipinski definition) is 0. The lowest BCUT2D eigenvalue weighted by molar-refractivity contribution is -0.132. The van der Waals surface area contributed by atoms with E-state index in [4.69, 9.17) is 4.74 Å². The molecule has 1 aromatic heterocycles. The van der Waals surface area contributed by atoms with Crippen LogP contribution in [0.3, 0.4) is 0 Å². The van der Waals surface area contributed by atoms with Gasteiger partial charge in [0, 0.05) is 64.1 Å². The highest BCUT2D eigenvalue weighted by Crippen LogP contribution is 2.29. The molecule has 0 saturated heterocycles. The summed E-state index contributed by atoms with van der Waals surface area (Å²) in [5, 5.41) is 0. The summed E-state index contributed by atoms with van der Waals surface area (Å²) in [5.41, 5.74) is 3.96. The van der Waals surface area contributed by atoms with Crippen LogP contribution in [0.4, 0.5) is 5.69 Å². The molecule has 0 N–H and O–H groups in total. The average molecular weight is 546 g/mol. The number of ether oxygens (including phenoxy) is 1. The number of rotatable bonds is 8. The highest BCUT2D eigenvalue weighted by molar-refractivity contribution is 5.96. The molecule has 3 aromatic rings. The van der Waals surface area contributed by atoms with Crippen molar-refractivity contribution >= 4 is 17.5 Å². The zero-order valence-electron chi connectivity index (χ0n) is 24.4. The number of amides is 2.